The van der Waals surface area contributed by atoms with Gasteiger partial charge in [-0.3, -0.25) is 9.48 Å². The predicted octanol–water partition coefficient (Wildman–Crippen LogP) is 3.23. The molecule has 0 N–H and O–H groups in total. The third kappa shape index (κ3) is 3.79. The van der Waals surface area contributed by atoms with E-state index in [-0.39, 0.29) is 17.6 Å². The molecule has 1 aliphatic rings. The van der Waals surface area contributed by atoms with Gasteiger partial charge in [0.2, 0.25) is 5.91 Å². The van der Waals surface area contributed by atoms with Crippen LogP contribution in [0.3, 0.4) is 0 Å². The molecule has 0 fully saturated rings. The Balaban J connectivity index is 1.58. The zero-order valence-electron chi connectivity index (χ0n) is 16.8. The second kappa shape index (κ2) is 8.14. The van der Waals surface area contributed by atoms with E-state index in [0.717, 1.165) is 37.1 Å². The number of hydrogen-bond acceptors (Lipinski definition) is 4. The second-order valence-corrected chi connectivity index (χ2v) is 7.29. The van der Waals surface area contributed by atoms with Crippen molar-refractivity contribution < 1.29 is 9.18 Å². The van der Waals surface area contributed by atoms with E-state index in [1.165, 1.54) is 12.1 Å². The number of nitrogens with zero attached hydrogens (tertiary/aromatic N) is 6. The summed E-state index contributed by atoms with van der Waals surface area (Å²) in [5.41, 5.74) is 1.82. The monoisotopic (exact) mass is 396 g/mol. The van der Waals surface area contributed by atoms with Crippen molar-refractivity contribution in [1.82, 2.24) is 29.4 Å². The molecular formula is C21H25FN6O. The predicted molar refractivity (Wildman–Crippen MR) is 106 cm³/mol. The molecule has 0 spiro atoms. The van der Waals surface area contributed by atoms with Crippen LogP contribution in [0.15, 0.2) is 36.7 Å². The van der Waals surface area contributed by atoms with Crippen LogP contribution in [-0.4, -0.2) is 41.9 Å². The molecule has 3 heterocycles. The minimum Gasteiger partial charge on any atom is -0.338 e. The van der Waals surface area contributed by atoms with Crippen LogP contribution in [0.2, 0.25) is 0 Å². The van der Waals surface area contributed by atoms with Crippen molar-refractivity contribution in [3.63, 3.8) is 0 Å². The number of halogens is 1. The fourth-order valence-corrected chi connectivity index (χ4v) is 3.87. The summed E-state index contributed by atoms with van der Waals surface area (Å²) in [5.74, 6) is 0.848. The molecule has 0 aliphatic carbocycles. The number of fused-ring (bicyclic) bond motifs is 1. The van der Waals surface area contributed by atoms with Gasteiger partial charge in [-0.25, -0.2) is 4.39 Å². The van der Waals surface area contributed by atoms with E-state index >= 15 is 0 Å². The number of amides is 1. The Hall–Kier alpha value is -3.03. The van der Waals surface area contributed by atoms with E-state index in [0.29, 0.717) is 24.7 Å². The van der Waals surface area contributed by atoms with Gasteiger partial charge in [0.25, 0.3) is 0 Å². The summed E-state index contributed by atoms with van der Waals surface area (Å²) >= 11 is 0. The number of carbonyl (C=O) groups excluding carboxylic acids is 1. The summed E-state index contributed by atoms with van der Waals surface area (Å²) in [7, 11) is 0. The van der Waals surface area contributed by atoms with Crippen LogP contribution in [0.5, 0.6) is 0 Å². The number of likely N-dealkylation sites (N-methyl/N-ethyl adjacent to an activating group) is 1. The zero-order valence-corrected chi connectivity index (χ0v) is 16.8. The number of aryl methyl sites for hydroxylation is 1. The first-order chi connectivity index (χ1) is 14.1. The fraction of sp³-hybridized carbons (Fsp3) is 0.429. The number of rotatable bonds is 6. The van der Waals surface area contributed by atoms with Gasteiger partial charge in [0.15, 0.2) is 5.82 Å². The first-order valence-corrected chi connectivity index (χ1v) is 10.1. The van der Waals surface area contributed by atoms with E-state index in [1.54, 1.807) is 12.1 Å². The normalized spacial score (nSPS) is 15.9. The number of aromatic nitrogens is 5. The maximum absolute atomic E-state index is 13.3. The standard InChI is InChI=1S/C21H25FN6O/c1-3-26(13-15-12-23-27(4-2)14-15)21(29)18-6-5-11-28-19(24-25-20(18)28)16-7-9-17(22)10-8-16/h7-10,12,14,18H,3-6,11,13H2,1-2H3. The number of hydrogen-bond donors (Lipinski definition) is 0. The van der Waals surface area contributed by atoms with Gasteiger partial charge in [0, 0.05) is 43.5 Å². The molecule has 0 saturated heterocycles. The summed E-state index contributed by atoms with van der Waals surface area (Å²) in [5, 5.41) is 13.0. The van der Waals surface area contributed by atoms with Gasteiger partial charge in [0.05, 0.1) is 12.1 Å². The van der Waals surface area contributed by atoms with Crippen LogP contribution in [0.4, 0.5) is 4.39 Å². The quantitative estimate of drug-likeness (QED) is 0.642. The third-order valence-corrected chi connectivity index (χ3v) is 5.44. The van der Waals surface area contributed by atoms with Crippen molar-refractivity contribution >= 4 is 5.91 Å². The van der Waals surface area contributed by atoms with Gasteiger partial charge >= 0.3 is 0 Å². The molecule has 4 rings (SSSR count). The van der Waals surface area contributed by atoms with E-state index < -0.39 is 0 Å². The van der Waals surface area contributed by atoms with Crippen molar-refractivity contribution in [1.29, 1.82) is 0 Å². The Morgan fingerprint density at radius 1 is 1.24 bits per heavy atom. The molecule has 1 amide bonds. The highest BCUT2D eigenvalue weighted by Gasteiger charge is 2.33. The zero-order chi connectivity index (χ0) is 20.4. The van der Waals surface area contributed by atoms with Crippen LogP contribution < -0.4 is 0 Å². The van der Waals surface area contributed by atoms with Crippen LogP contribution in [0.25, 0.3) is 11.4 Å². The molecule has 1 aromatic carbocycles. The SMILES string of the molecule is CCN(Cc1cnn(CC)c1)C(=O)C1CCCn2c(-c3ccc(F)cc3)nnc21. The first-order valence-electron chi connectivity index (χ1n) is 10.1. The van der Waals surface area contributed by atoms with Gasteiger partial charge in [0.1, 0.15) is 11.6 Å². The topological polar surface area (TPSA) is 68.8 Å². The van der Waals surface area contributed by atoms with Crippen molar-refractivity contribution in [3.05, 3.63) is 53.9 Å². The van der Waals surface area contributed by atoms with Gasteiger partial charge in [-0.1, -0.05) is 0 Å². The average Bonchev–Trinajstić information content (AvgIpc) is 3.38. The fourth-order valence-electron chi connectivity index (χ4n) is 3.87. The van der Waals surface area contributed by atoms with Crippen molar-refractivity contribution in [3.8, 4) is 11.4 Å². The Kier molecular flexibility index (Phi) is 5.42. The Morgan fingerprint density at radius 3 is 2.72 bits per heavy atom. The molecule has 29 heavy (non-hydrogen) atoms. The lowest BCUT2D eigenvalue weighted by atomic mass is 9.96. The first kappa shape index (κ1) is 19.3. The van der Waals surface area contributed by atoms with Crippen molar-refractivity contribution in [2.75, 3.05) is 6.54 Å². The third-order valence-electron chi connectivity index (χ3n) is 5.44. The number of carbonyl (C=O) groups is 1. The molecule has 1 atom stereocenters. The maximum atomic E-state index is 13.3. The van der Waals surface area contributed by atoms with E-state index in [9.17, 15) is 9.18 Å². The van der Waals surface area contributed by atoms with Crippen LogP contribution in [0, 0.1) is 5.82 Å². The van der Waals surface area contributed by atoms with Crippen LogP contribution >= 0.6 is 0 Å². The maximum Gasteiger partial charge on any atom is 0.233 e. The molecule has 2 aromatic heterocycles. The summed E-state index contributed by atoms with van der Waals surface area (Å²) in [6.45, 7) is 6.73. The lowest BCUT2D eigenvalue weighted by Crippen LogP contribution is -2.37. The summed E-state index contributed by atoms with van der Waals surface area (Å²) in [6.07, 6.45) is 5.42. The average molecular weight is 396 g/mol. The Morgan fingerprint density at radius 2 is 2.03 bits per heavy atom. The Labute approximate surface area is 169 Å². The van der Waals surface area contributed by atoms with Crippen molar-refractivity contribution in [2.45, 2.75) is 52.2 Å². The van der Waals surface area contributed by atoms with Crippen LogP contribution in [-0.2, 0) is 24.4 Å². The summed E-state index contributed by atoms with van der Waals surface area (Å²) in [6, 6.07) is 6.22. The van der Waals surface area contributed by atoms with E-state index in [2.05, 4.69) is 15.3 Å². The summed E-state index contributed by atoms with van der Waals surface area (Å²) < 4.78 is 17.1. The van der Waals surface area contributed by atoms with E-state index in [4.69, 9.17) is 0 Å². The summed E-state index contributed by atoms with van der Waals surface area (Å²) in [4.78, 5) is 15.2. The molecule has 0 radical (unpaired) electrons. The molecule has 0 saturated carbocycles. The van der Waals surface area contributed by atoms with Crippen molar-refractivity contribution in [2.24, 2.45) is 0 Å². The van der Waals surface area contributed by atoms with E-state index in [1.807, 2.05) is 40.4 Å². The lowest BCUT2D eigenvalue weighted by Gasteiger charge is -2.28. The highest BCUT2D eigenvalue weighted by atomic mass is 19.1. The molecule has 1 aliphatic heterocycles. The van der Waals surface area contributed by atoms with Crippen LogP contribution in [0.1, 0.15) is 44.0 Å². The molecule has 0 bridgehead atoms. The molecular weight excluding hydrogens is 371 g/mol. The molecule has 8 heteroatoms. The molecule has 7 nitrogen and oxygen atoms in total. The molecule has 152 valence electrons. The smallest absolute Gasteiger partial charge is 0.233 e. The van der Waals surface area contributed by atoms with Gasteiger partial charge < -0.3 is 9.47 Å². The molecule has 3 aromatic rings. The number of benzene rings is 1. The minimum absolute atomic E-state index is 0.0655. The lowest BCUT2D eigenvalue weighted by molar-refractivity contribution is -0.134. The highest BCUT2D eigenvalue weighted by Crippen LogP contribution is 2.32. The molecule has 1 unspecified atom stereocenters. The second-order valence-electron chi connectivity index (χ2n) is 7.29. The highest BCUT2D eigenvalue weighted by molar-refractivity contribution is 5.83. The van der Waals surface area contributed by atoms with Gasteiger partial charge in [-0.2, -0.15) is 5.10 Å². The van der Waals surface area contributed by atoms with Gasteiger partial charge in [-0.15, -0.1) is 10.2 Å². The van der Waals surface area contributed by atoms with Gasteiger partial charge in [-0.05, 0) is 51.0 Å². The minimum atomic E-state index is -0.313. The largest absolute Gasteiger partial charge is 0.338 e. The Bertz CT molecular complexity index is 993.